The molecule has 154 valence electrons. The monoisotopic (exact) mass is 427 g/mol. The van der Waals surface area contributed by atoms with Crippen LogP contribution in [0.15, 0.2) is 91.0 Å². The summed E-state index contributed by atoms with van der Waals surface area (Å²) in [5.74, 6) is 1.22. The average molecular weight is 428 g/mol. The van der Waals surface area contributed by atoms with Gasteiger partial charge >= 0.3 is 5.17 Å². The maximum Gasteiger partial charge on any atom is 0.320 e. The summed E-state index contributed by atoms with van der Waals surface area (Å²) in [5, 5.41) is 23.4. The van der Waals surface area contributed by atoms with Gasteiger partial charge in [0.25, 0.3) is 0 Å². The second-order valence-electron chi connectivity index (χ2n) is 7.59. The summed E-state index contributed by atoms with van der Waals surface area (Å²) >= 11 is 1.58. The first-order valence-corrected chi connectivity index (χ1v) is 11.1. The highest BCUT2D eigenvalue weighted by Crippen LogP contribution is 2.39. The molecule has 2 heterocycles. The maximum atomic E-state index is 11.9. The molecule has 0 amide bonds. The van der Waals surface area contributed by atoms with Gasteiger partial charge in [0, 0.05) is 17.3 Å². The second-order valence-corrected chi connectivity index (χ2v) is 8.55. The molecule has 3 N–H and O–H groups in total. The van der Waals surface area contributed by atoms with Crippen LogP contribution in [0.25, 0.3) is 11.1 Å². The summed E-state index contributed by atoms with van der Waals surface area (Å²) in [7, 11) is 0. The number of amidine groups is 1. The third-order valence-corrected chi connectivity index (χ3v) is 6.50. The van der Waals surface area contributed by atoms with Crippen LogP contribution in [0.1, 0.15) is 11.3 Å². The van der Waals surface area contributed by atoms with Crippen molar-refractivity contribution in [2.45, 2.75) is 12.6 Å². The van der Waals surface area contributed by atoms with Crippen LogP contribution in [0, 0.1) is 6.92 Å². The lowest BCUT2D eigenvalue weighted by atomic mass is 9.98. The molecule has 5 rings (SSSR count). The highest BCUT2D eigenvalue weighted by molar-refractivity contribution is 8.14. The topological polar surface area (TPSA) is 63.9 Å². The van der Waals surface area contributed by atoms with Crippen molar-refractivity contribution in [3.8, 4) is 11.1 Å². The number of benzene rings is 3. The van der Waals surface area contributed by atoms with Crippen LogP contribution in [0.4, 0.5) is 11.5 Å². The minimum absolute atomic E-state index is 0.498. The van der Waals surface area contributed by atoms with E-state index in [4.69, 9.17) is 0 Å². The zero-order valence-corrected chi connectivity index (χ0v) is 17.9. The van der Waals surface area contributed by atoms with Crippen molar-refractivity contribution in [2.24, 2.45) is 0 Å². The van der Waals surface area contributed by atoms with Gasteiger partial charge in [0.2, 0.25) is 11.5 Å². The molecule has 0 bridgehead atoms. The Balaban J connectivity index is 1.56. The number of hydrogen-bond acceptors (Lipinski definition) is 4. The lowest BCUT2D eigenvalue weighted by Gasteiger charge is -2.24. The summed E-state index contributed by atoms with van der Waals surface area (Å²) in [6.07, 6.45) is 0. The number of aryl methyl sites for hydroxylation is 1. The SMILES string of the molecule is Cc1cc(NC2=[N+](c3ccccc3)C(O)(c3ccc(-c4ccccc4)cc3)CS2)n[nH]1. The van der Waals surface area contributed by atoms with E-state index < -0.39 is 5.72 Å². The second kappa shape index (κ2) is 8.06. The summed E-state index contributed by atoms with van der Waals surface area (Å²) in [5.41, 5.74) is 3.83. The number of hydrogen-bond donors (Lipinski definition) is 3. The van der Waals surface area contributed by atoms with Gasteiger partial charge in [-0.2, -0.15) is 4.58 Å². The molecule has 4 aromatic rings. The Bertz CT molecular complexity index is 1220. The molecule has 0 saturated heterocycles. The molecule has 1 aliphatic heterocycles. The molecule has 3 aromatic carbocycles. The van der Waals surface area contributed by atoms with Gasteiger partial charge in [0.15, 0.2) is 0 Å². The van der Waals surface area contributed by atoms with Crippen LogP contribution in [0.3, 0.4) is 0 Å². The Hall–Kier alpha value is -3.35. The number of aliphatic hydroxyl groups is 1. The van der Waals surface area contributed by atoms with E-state index in [1.54, 1.807) is 11.8 Å². The number of nitrogens with zero attached hydrogens (tertiary/aromatic N) is 2. The molecule has 1 atom stereocenters. The van der Waals surface area contributed by atoms with Gasteiger partial charge < -0.3 is 5.11 Å². The molecular weight excluding hydrogens is 404 g/mol. The standard InChI is InChI=1S/C25H22N4OS/c1-18-16-23(28-27-18)26-24-29(22-10-6-3-7-11-22)25(30,17-31-24)21-14-12-20(13-15-21)19-8-4-2-5-9-19/h2-16,30H,17H2,1H3,(H,27,28)/p+1. The van der Waals surface area contributed by atoms with Gasteiger partial charge in [-0.3, -0.25) is 5.10 Å². The largest absolute Gasteiger partial charge is 0.348 e. The number of nitrogens with one attached hydrogen (secondary N) is 2. The molecule has 1 aromatic heterocycles. The minimum Gasteiger partial charge on any atom is -0.348 e. The third kappa shape index (κ3) is 3.76. The number of thioether (sulfide) groups is 1. The van der Waals surface area contributed by atoms with Crippen LogP contribution in [-0.2, 0) is 5.72 Å². The molecule has 6 heteroatoms. The van der Waals surface area contributed by atoms with Crippen LogP contribution in [-0.4, -0.2) is 30.8 Å². The van der Waals surface area contributed by atoms with E-state index in [9.17, 15) is 5.11 Å². The Morgan fingerprint density at radius 1 is 0.935 bits per heavy atom. The Kier molecular flexibility index (Phi) is 5.10. The number of rotatable bonds is 4. The van der Waals surface area contributed by atoms with Crippen LogP contribution >= 0.6 is 11.8 Å². The van der Waals surface area contributed by atoms with Gasteiger partial charge in [-0.05, 0) is 41.9 Å². The molecular formula is C25H23N4OS+. The molecule has 31 heavy (non-hydrogen) atoms. The minimum atomic E-state index is -1.19. The predicted octanol–water partition coefficient (Wildman–Crippen LogP) is 5.09. The van der Waals surface area contributed by atoms with Crippen molar-refractivity contribution in [3.63, 3.8) is 0 Å². The highest BCUT2D eigenvalue weighted by Gasteiger charge is 2.47. The lowest BCUT2D eigenvalue weighted by molar-refractivity contribution is -0.592. The number of anilines is 1. The quantitative estimate of drug-likeness (QED) is 0.397. The molecule has 1 aliphatic rings. The Labute approximate surface area is 185 Å². The molecule has 0 radical (unpaired) electrons. The first-order chi connectivity index (χ1) is 15.1. The van der Waals surface area contributed by atoms with Crippen LogP contribution < -0.4 is 5.32 Å². The van der Waals surface area contributed by atoms with Crippen LogP contribution in [0.2, 0.25) is 0 Å². The van der Waals surface area contributed by atoms with E-state index >= 15 is 0 Å². The average Bonchev–Trinajstić information content (AvgIpc) is 3.38. The molecule has 0 aliphatic carbocycles. The third-order valence-electron chi connectivity index (χ3n) is 5.39. The summed E-state index contributed by atoms with van der Waals surface area (Å²) in [6.45, 7) is 1.96. The van der Waals surface area contributed by atoms with Gasteiger partial charge in [0.05, 0.1) is 5.75 Å². The van der Waals surface area contributed by atoms with Crippen molar-refractivity contribution in [2.75, 3.05) is 11.1 Å². The van der Waals surface area contributed by atoms with Gasteiger partial charge in [-0.15, -0.1) is 5.10 Å². The number of aromatic nitrogens is 2. The number of aromatic amines is 1. The highest BCUT2D eigenvalue weighted by atomic mass is 32.2. The maximum absolute atomic E-state index is 11.9. The van der Waals surface area contributed by atoms with E-state index in [1.165, 1.54) is 0 Å². The van der Waals surface area contributed by atoms with E-state index in [0.717, 1.165) is 39.1 Å². The first-order valence-electron chi connectivity index (χ1n) is 10.2. The van der Waals surface area contributed by atoms with Crippen molar-refractivity contribution in [1.82, 2.24) is 10.2 Å². The van der Waals surface area contributed by atoms with E-state index in [2.05, 4.69) is 39.8 Å². The Morgan fingerprint density at radius 3 is 2.23 bits per heavy atom. The lowest BCUT2D eigenvalue weighted by Crippen LogP contribution is -2.38. The van der Waals surface area contributed by atoms with Crippen molar-refractivity contribution < 1.29 is 9.68 Å². The summed E-state index contributed by atoms with van der Waals surface area (Å²) < 4.78 is 1.96. The van der Waals surface area contributed by atoms with Gasteiger partial charge in [0.1, 0.15) is 5.69 Å². The van der Waals surface area contributed by atoms with Gasteiger partial charge in [-0.1, -0.05) is 72.8 Å². The molecule has 5 nitrogen and oxygen atoms in total. The summed E-state index contributed by atoms with van der Waals surface area (Å²) in [6, 6.07) is 30.3. The van der Waals surface area contributed by atoms with Crippen molar-refractivity contribution >= 4 is 28.4 Å². The van der Waals surface area contributed by atoms with E-state index in [-0.39, 0.29) is 0 Å². The predicted molar refractivity (Wildman–Crippen MR) is 127 cm³/mol. The van der Waals surface area contributed by atoms with E-state index in [1.807, 2.05) is 78.2 Å². The molecule has 1 unspecified atom stereocenters. The molecule has 0 fully saturated rings. The van der Waals surface area contributed by atoms with Crippen molar-refractivity contribution in [1.29, 1.82) is 0 Å². The normalized spacial score (nSPS) is 18.4. The smallest absolute Gasteiger partial charge is 0.320 e. The van der Waals surface area contributed by atoms with Crippen LogP contribution in [0.5, 0.6) is 0 Å². The van der Waals surface area contributed by atoms with E-state index in [0.29, 0.717) is 5.75 Å². The van der Waals surface area contributed by atoms with Gasteiger partial charge in [-0.25, -0.2) is 5.32 Å². The Morgan fingerprint density at radius 2 is 1.58 bits per heavy atom. The first kappa shape index (κ1) is 19.6. The zero-order valence-electron chi connectivity index (χ0n) is 17.1. The molecule has 0 spiro atoms. The number of para-hydroxylation sites is 1. The fraction of sp³-hybridized carbons (Fsp3) is 0.120. The van der Waals surface area contributed by atoms with Crippen molar-refractivity contribution in [3.05, 3.63) is 102 Å². The number of H-pyrrole nitrogens is 1. The zero-order chi connectivity index (χ0) is 21.3. The summed E-state index contributed by atoms with van der Waals surface area (Å²) in [4.78, 5) is 0. The fourth-order valence-corrected chi connectivity index (χ4v) is 5.03. The fourth-order valence-electron chi connectivity index (χ4n) is 3.83. The molecule has 0 saturated carbocycles.